The van der Waals surface area contributed by atoms with E-state index < -0.39 is 0 Å². The summed E-state index contributed by atoms with van der Waals surface area (Å²) in [5, 5.41) is 9.50. The van der Waals surface area contributed by atoms with E-state index >= 15 is 0 Å². The van der Waals surface area contributed by atoms with E-state index in [-0.39, 0.29) is 5.41 Å². The lowest BCUT2D eigenvalue weighted by molar-refractivity contribution is -0.0576. The highest BCUT2D eigenvalue weighted by molar-refractivity contribution is 6.31. The highest BCUT2D eigenvalue weighted by atomic mass is 35.5. The molecule has 72 valence electrons. The molecule has 1 aliphatic rings. The van der Waals surface area contributed by atoms with Crippen LogP contribution in [0.1, 0.15) is 12.0 Å². The second-order valence-corrected chi connectivity index (χ2v) is 4.00. The maximum Gasteiger partial charge on any atom is 0.0632 e. The Kier molecular flexibility index (Phi) is 2.45. The summed E-state index contributed by atoms with van der Waals surface area (Å²) in [4.78, 5) is 0. The summed E-state index contributed by atoms with van der Waals surface area (Å²) in [7, 11) is 0. The number of nitriles is 1. The number of hydrogen-bond donors (Lipinski definition) is 0. The van der Waals surface area contributed by atoms with Crippen molar-refractivity contribution in [3.05, 3.63) is 34.9 Å². The topological polar surface area (TPSA) is 33.0 Å². The summed E-state index contributed by atoms with van der Waals surface area (Å²) in [5.41, 5.74) is 0.877. The zero-order chi connectivity index (χ0) is 10.0. The van der Waals surface area contributed by atoms with Gasteiger partial charge in [-0.05, 0) is 11.6 Å². The molecule has 0 bridgehead atoms. The second kappa shape index (κ2) is 3.61. The molecule has 0 unspecified atom stereocenters. The van der Waals surface area contributed by atoms with Crippen molar-refractivity contribution >= 4 is 11.6 Å². The van der Waals surface area contributed by atoms with Crippen molar-refractivity contribution in [2.45, 2.75) is 11.8 Å². The van der Waals surface area contributed by atoms with Crippen molar-refractivity contribution in [1.82, 2.24) is 0 Å². The quantitative estimate of drug-likeness (QED) is 0.747. The first kappa shape index (κ1) is 9.51. The normalized spacial score (nSPS) is 18.3. The molecule has 2 nitrogen and oxygen atoms in total. The Morgan fingerprint density at radius 1 is 1.43 bits per heavy atom. The largest absolute Gasteiger partial charge is 0.379 e. The van der Waals surface area contributed by atoms with Crippen molar-refractivity contribution in [2.24, 2.45) is 0 Å². The highest BCUT2D eigenvalue weighted by Gasteiger charge is 2.41. The molecule has 1 heterocycles. The molecule has 0 spiro atoms. The van der Waals surface area contributed by atoms with Gasteiger partial charge in [-0.25, -0.2) is 0 Å². The highest BCUT2D eigenvalue weighted by Crippen LogP contribution is 2.38. The van der Waals surface area contributed by atoms with Crippen LogP contribution in [0, 0.1) is 11.3 Å². The van der Waals surface area contributed by atoms with Crippen LogP contribution in [0.25, 0.3) is 0 Å². The molecule has 0 saturated carbocycles. The number of benzene rings is 1. The number of rotatable bonds is 2. The van der Waals surface area contributed by atoms with Crippen LogP contribution in [0.5, 0.6) is 0 Å². The van der Waals surface area contributed by atoms with Gasteiger partial charge in [0.1, 0.15) is 0 Å². The fourth-order valence-corrected chi connectivity index (χ4v) is 2.08. The molecule has 0 radical (unpaired) electrons. The first-order valence-corrected chi connectivity index (χ1v) is 4.86. The Hall–Kier alpha value is -1.04. The van der Waals surface area contributed by atoms with Gasteiger partial charge in [-0.1, -0.05) is 29.8 Å². The lowest BCUT2D eigenvalue weighted by atomic mass is 9.76. The average Bonchev–Trinajstić information content (AvgIpc) is 2.13. The Labute approximate surface area is 88.1 Å². The summed E-state index contributed by atoms with van der Waals surface area (Å²) in [6.45, 7) is 1.20. The molecule has 3 heteroatoms. The summed E-state index contributed by atoms with van der Waals surface area (Å²) in [5.74, 6) is 0. The Bertz CT molecular complexity index is 379. The molecule has 0 N–H and O–H groups in total. The van der Waals surface area contributed by atoms with Gasteiger partial charge >= 0.3 is 0 Å². The summed E-state index contributed by atoms with van der Waals surface area (Å²) >= 11 is 6.09. The van der Waals surface area contributed by atoms with E-state index in [1.165, 1.54) is 0 Å². The summed E-state index contributed by atoms with van der Waals surface area (Å²) in [6, 6.07) is 9.86. The first-order chi connectivity index (χ1) is 6.78. The maximum absolute atomic E-state index is 8.77. The molecule has 1 aromatic carbocycles. The van der Waals surface area contributed by atoms with Crippen LogP contribution in [-0.2, 0) is 10.2 Å². The summed E-state index contributed by atoms with van der Waals surface area (Å²) in [6.07, 6.45) is 0.469. The molecule has 2 rings (SSSR count). The molecule has 1 aromatic rings. The van der Waals surface area contributed by atoms with E-state index in [0.717, 1.165) is 10.6 Å². The van der Waals surface area contributed by atoms with Gasteiger partial charge in [-0.15, -0.1) is 0 Å². The molecule has 0 atom stereocenters. The predicted octanol–water partition coefficient (Wildman–Crippen LogP) is 2.52. The van der Waals surface area contributed by atoms with Crippen LogP contribution in [0.15, 0.2) is 24.3 Å². The van der Waals surface area contributed by atoms with Crippen LogP contribution in [0.3, 0.4) is 0 Å². The molecular formula is C11H10ClNO. The molecule has 0 amide bonds. The number of ether oxygens (including phenoxy) is 1. The van der Waals surface area contributed by atoms with Gasteiger partial charge < -0.3 is 4.74 Å². The third kappa shape index (κ3) is 1.39. The fraction of sp³-hybridized carbons (Fsp3) is 0.364. The number of halogens is 1. The standard InChI is InChI=1S/C11H10ClNO/c12-10-4-2-1-3-9(10)11(5-6-13)7-14-8-11/h1-4H,5,7-8H2. The molecular weight excluding hydrogens is 198 g/mol. The lowest BCUT2D eigenvalue weighted by Gasteiger charge is -2.40. The average molecular weight is 208 g/mol. The molecule has 14 heavy (non-hydrogen) atoms. The first-order valence-electron chi connectivity index (χ1n) is 4.48. The zero-order valence-corrected chi connectivity index (χ0v) is 8.42. The van der Waals surface area contributed by atoms with Gasteiger partial charge in [-0.2, -0.15) is 5.26 Å². The monoisotopic (exact) mass is 207 g/mol. The minimum absolute atomic E-state index is 0.160. The molecule has 1 aliphatic heterocycles. The molecule has 1 saturated heterocycles. The molecule has 1 fully saturated rings. The van der Waals surface area contributed by atoms with Crippen molar-refractivity contribution in [3.63, 3.8) is 0 Å². The van der Waals surface area contributed by atoms with Gasteiger partial charge in [0.15, 0.2) is 0 Å². The Morgan fingerprint density at radius 3 is 2.64 bits per heavy atom. The van der Waals surface area contributed by atoms with E-state index in [1.54, 1.807) is 0 Å². The van der Waals surface area contributed by atoms with Crippen LogP contribution >= 0.6 is 11.6 Å². The van der Waals surface area contributed by atoms with Crippen LogP contribution in [0.2, 0.25) is 5.02 Å². The SMILES string of the molecule is N#CCC1(c2ccccc2Cl)COC1. The van der Waals surface area contributed by atoms with Gasteiger partial charge in [-0.3, -0.25) is 0 Å². The maximum atomic E-state index is 8.77. The summed E-state index contributed by atoms with van der Waals surface area (Å²) < 4.78 is 5.19. The van der Waals surface area contributed by atoms with Crippen molar-refractivity contribution < 1.29 is 4.74 Å². The molecule has 0 aliphatic carbocycles. The van der Waals surface area contributed by atoms with E-state index in [9.17, 15) is 0 Å². The molecule has 0 aromatic heterocycles. The van der Waals surface area contributed by atoms with Gasteiger partial charge in [0.05, 0.1) is 24.7 Å². The lowest BCUT2D eigenvalue weighted by Crippen LogP contribution is -2.46. The third-order valence-corrected chi connectivity index (χ3v) is 2.95. The van der Waals surface area contributed by atoms with E-state index in [1.807, 2.05) is 24.3 Å². The fourth-order valence-electron chi connectivity index (χ4n) is 1.74. The van der Waals surface area contributed by atoms with Crippen molar-refractivity contribution in [1.29, 1.82) is 5.26 Å². The van der Waals surface area contributed by atoms with Gasteiger partial charge in [0.25, 0.3) is 0 Å². The van der Waals surface area contributed by atoms with Crippen LogP contribution < -0.4 is 0 Å². The minimum Gasteiger partial charge on any atom is -0.379 e. The second-order valence-electron chi connectivity index (χ2n) is 3.59. The van der Waals surface area contributed by atoms with E-state index in [4.69, 9.17) is 21.6 Å². The predicted molar refractivity (Wildman–Crippen MR) is 54.2 cm³/mol. The van der Waals surface area contributed by atoms with Crippen LogP contribution in [-0.4, -0.2) is 13.2 Å². The zero-order valence-electron chi connectivity index (χ0n) is 7.66. The van der Waals surface area contributed by atoms with Crippen molar-refractivity contribution in [2.75, 3.05) is 13.2 Å². The van der Waals surface area contributed by atoms with Crippen LogP contribution in [0.4, 0.5) is 0 Å². The van der Waals surface area contributed by atoms with E-state index in [0.29, 0.717) is 19.6 Å². The van der Waals surface area contributed by atoms with Gasteiger partial charge in [0, 0.05) is 11.4 Å². The van der Waals surface area contributed by atoms with E-state index in [2.05, 4.69) is 6.07 Å². The smallest absolute Gasteiger partial charge is 0.0632 e. The van der Waals surface area contributed by atoms with Crippen molar-refractivity contribution in [3.8, 4) is 6.07 Å². The van der Waals surface area contributed by atoms with Gasteiger partial charge in [0.2, 0.25) is 0 Å². The Balaban J connectivity index is 2.37. The minimum atomic E-state index is -0.160. The number of nitrogens with zero attached hydrogens (tertiary/aromatic N) is 1. The third-order valence-electron chi connectivity index (χ3n) is 2.62. The number of hydrogen-bond acceptors (Lipinski definition) is 2. The Morgan fingerprint density at radius 2 is 2.14 bits per heavy atom.